The van der Waals surface area contributed by atoms with Gasteiger partial charge in [0.2, 0.25) is 5.91 Å². The summed E-state index contributed by atoms with van der Waals surface area (Å²) in [6.45, 7) is 3.85. The third kappa shape index (κ3) is 4.51. The fourth-order valence-corrected chi connectivity index (χ4v) is 3.35. The Morgan fingerprint density at radius 1 is 1.28 bits per heavy atom. The summed E-state index contributed by atoms with van der Waals surface area (Å²) in [6, 6.07) is 13.7. The Hall–Kier alpha value is -1.62. The van der Waals surface area contributed by atoms with Crippen LogP contribution in [0, 0.1) is 5.82 Å². The van der Waals surface area contributed by atoms with E-state index < -0.39 is 0 Å². The van der Waals surface area contributed by atoms with E-state index in [1.165, 1.54) is 12.1 Å². The zero-order valence-electron chi connectivity index (χ0n) is 13.9. The van der Waals surface area contributed by atoms with E-state index in [4.69, 9.17) is 11.6 Å². The second kappa shape index (κ2) is 8.65. The monoisotopic (exact) mass is 382 g/mol. The van der Waals surface area contributed by atoms with Crippen molar-refractivity contribution in [2.75, 3.05) is 19.6 Å². The number of hydrogen-bond donors (Lipinski definition) is 1. The van der Waals surface area contributed by atoms with Crippen LogP contribution in [0.2, 0.25) is 5.02 Å². The van der Waals surface area contributed by atoms with Crippen molar-refractivity contribution < 1.29 is 9.18 Å². The molecule has 2 aromatic carbocycles. The van der Waals surface area contributed by atoms with Gasteiger partial charge in [0.25, 0.3) is 0 Å². The molecule has 3 rings (SSSR count). The summed E-state index contributed by atoms with van der Waals surface area (Å²) in [6.07, 6.45) is 0. The van der Waals surface area contributed by atoms with Gasteiger partial charge >= 0.3 is 0 Å². The molecule has 134 valence electrons. The smallest absolute Gasteiger partial charge is 0.230 e. The van der Waals surface area contributed by atoms with Gasteiger partial charge in [-0.2, -0.15) is 0 Å². The van der Waals surface area contributed by atoms with Gasteiger partial charge in [-0.1, -0.05) is 35.9 Å². The summed E-state index contributed by atoms with van der Waals surface area (Å²) >= 11 is 6.04. The first-order valence-electron chi connectivity index (χ1n) is 8.08. The molecule has 1 N–H and O–H groups in total. The fraction of sp³-hybridized carbons (Fsp3) is 0.316. The molecule has 0 spiro atoms. The highest BCUT2D eigenvalue weighted by molar-refractivity contribution is 6.30. The van der Waals surface area contributed by atoms with Gasteiger partial charge < -0.3 is 10.2 Å². The molecule has 0 aliphatic carbocycles. The lowest BCUT2D eigenvalue weighted by Crippen LogP contribution is -2.49. The lowest BCUT2D eigenvalue weighted by atomic mass is 9.96. The predicted molar refractivity (Wildman–Crippen MR) is 101 cm³/mol. The van der Waals surface area contributed by atoms with Gasteiger partial charge in [-0.3, -0.25) is 4.79 Å². The molecule has 1 amide bonds. The Morgan fingerprint density at radius 3 is 2.76 bits per heavy atom. The number of nitrogens with zero attached hydrogens (tertiary/aromatic N) is 1. The second-order valence-electron chi connectivity index (χ2n) is 6.08. The van der Waals surface area contributed by atoms with Crippen LogP contribution >= 0.6 is 24.0 Å². The van der Waals surface area contributed by atoms with Crippen LogP contribution < -0.4 is 5.32 Å². The maximum atomic E-state index is 13.6. The predicted octanol–water partition coefficient (Wildman–Crippen LogP) is 4.18. The van der Waals surface area contributed by atoms with E-state index in [9.17, 15) is 9.18 Å². The number of carbonyl (C=O) groups excluding carboxylic acids is 1. The van der Waals surface area contributed by atoms with E-state index in [2.05, 4.69) is 5.32 Å². The summed E-state index contributed by atoms with van der Waals surface area (Å²) < 4.78 is 13.6. The van der Waals surface area contributed by atoms with Crippen molar-refractivity contribution >= 4 is 29.9 Å². The Balaban J connectivity index is 0.00000225. The summed E-state index contributed by atoms with van der Waals surface area (Å²) in [4.78, 5) is 14.9. The van der Waals surface area contributed by atoms with Gasteiger partial charge in [0.1, 0.15) is 5.82 Å². The lowest BCUT2D eigenvalue weighted by molar-refractivity contribution is -0.135. The normalized spacial score (nSPS) is 18.4. The molecule has 1 saturated heterocycles. The molecule has 2 aromatic rings. The topological polar surface area (TPSA) is 32.3 Å². The first-order chi connectivity index (χ1) is 11.6. The highest BCUT2D eigenvalue weighted by Gasteiger charge is 2.31. The zero-order chi connectivity index (χ0) is 17.1. The number of carbonyl (C=O) groups is 1. The number of halogens is 3. The third-order valence-corrected chi connectivity index (χ3v) is 4.71. The summed E-state index contributed by atoms with van der Waals surface area (Å²) in [5.41, 5.74) is 1.71. The number of hydrogen-bond acceptors (Lipinski definition) is 2. The molecule has 0 saturated carbocycles. The molecule has 25 heavy (non-hydrogen) atoms. The first kappa shape index (κ1) is 19.7. The molecule has 3 nitrogen and oxygen atoms in total. The summed E-state index contributed by atoms with van der Waals surface area (Å²) in [5.74, 6) is -0.542. The van der Waals surface area contributed by atoms with Crippen LogP contribution in [0.3, 0.4) is 0 Å². The Labute approximate surface area is 158 Å². The highest BCUT2D eigenvalue weighted by Crippen LogP contribution is 2.28. The van der Waals surface area contributed by atoms with E-state index >= 15 is 0 Å². The van der Waals surface area contributed by atoms with Crippen molar-refractivity contribution in [2.24, 2.45) is 0 Å². The molecule has 0 aromatic heterocycles. The lowest BCUT2D eigenvalue weighted by Gasteiger charge is -2.38. The van der Waals surface area contributed by atoms with Crippen molar-refractivity contribution in [3.8, 4) is 0 Å². The minimum Gasteiger partial charge on any atom is -0.333 e. The molecular weight excluding hydrogens is 362 g/mol. The number of nitrogens with one attached hydrogen (secondary N) is 1. The van der Waals surface area contributed by atoms with Crippen LogP contribution in [0.5, 0.6) is 0 Å². The van der Waals surface area contributed by atoms with Crippen molar-refractivity contribution in [1.82, 2.24) is 10.2 Å². The minimum absolute atomic E-state index is 0. The fourth-order valence-electron chi connectivity index (χ4n) is 3.15. The van der Waals surface area contributed by atoms with Gasteiger partial charge in [-0.15, -0.1) is 12.4 Å². The molecule has 1 aliphatic rings. The van der Waals surface area contributed by atoms with Crippen LogP contribution in [0.15, 0.2) is 48.5 Å². The van der Waals surface area contributed by atoms with Crippen LogP contribution in [0.1, 0.15) is 30.0 Å². The van der Waals surface area contributed by atoms with Gasteiger partial charge in [0.05, 0.1) is 12.0 Å². The zero-order valence-corrected chi connectivity index (χ0v) is 15.5. The Morgan fingerprint density at radius 2 is 2.04 bits per heavy atom. The number of rotatable bonds is 3. The maximum absolute atomic E-state index is 13.6. The molecule has 0 radical (unpaired) electrons. The number of benzene rings is 2. The molecule has 2 atom stereocenters. The standard InChI is InChI=1S/C19H20ClFN2O.ClH/c1-13(14-4-2-6-16(20)10-14)19(24)23-9-8-22-12-18(23)15-5-3-7-17(21)11-15;/h2-7,10-11,13,18,22H,8-9,12H2,1H3;1H. The molecular formula is C19H21Cl2FN2O. The Bertz CT molecular complexity index is 741. The second-order valence-corrected chi connectivity index (χ2v) is 6.52. The van der Waals surface area contributed by atoms with Gasteiger partial charge in [-0.25, -0.2) is 4.39 Å². The van der Waals surface area contributed by atoms with Crippen LogP contribution in [-0.2, 0) is 4.79 Å². The van der Waals surface area contributed by atoms with Crippen molar-refractivity contribution in [1.29, 1.82) is 0 Å². The minimum atomic E-state index is -0.294. The van der Waals surface area contributed by atoms with Gasteiger partial charge in [-0.05, 0) is 42.3 Å². The largest absolute Gasteiger partial charge is 0.333 e. The quantitative estimate of drug-likeness (QED) is 0.863. The van der Waals surface area contributed by atoms with Crippen molar-refractivity contribution in [3.63, 3.8) is 0 Å². The Kier molecular flexibility index (Phi) is 6.82. The third-order valence-electron chi connectivity index (χ3n) is 4.48. The van der Waals surface area contributed by atoms with E-state index in [-0.39, 0.29) is 36.1 Å². The first-order valence-corrected chi connectivity index (χ1v) is 8.46. The van der Waals surface area contributed by atoms with Crippen molar-refractivity contribution in [2.45, 2.75) is 18.9 Å². The number of piperazine rings is 1. The van der Waals surface area contributed by atoms with Gasteiger partial charge in [0, 0.05) is 24.7 Å². The number of amides is 1. The average molecular weight is 383 g/mol. The molecule has 1 heterocycles. The molecule has 6 heteroatoms. The van der Waals surface area contributed by atoms with Gasteiger partial charge in [0.15, 0.2) is 0 Å². The summed E-state index contributed by atoms with van der Waals surface area (Å²) in [5, 5.41) is 3.91. The van der Waals surface area contributed by atoms with E-state index in [0.29, 0.717) is 18.1 Å². The van der Waals surface area contributed by atoms with E-state index in [0.717, 1.165) is 17.7 Å². The maximum Gasteiger partial charge on any atom is 0.230 e. The average Bonchev–Trinajstić information content (AvgIpc) is 2.60. The molecule has 1 aliphatic heterocycles. The molecule has 1 fully saturated rings. The highest BCUT2D eigenvalue weighted by atomic mass is 35.5. The molecule has 0 bridgehead atoms. The summed E-state index contributed by atoms with van der Waals surface area (Å²) in [7, 11) is 0. The molecule has 2 unspecified atom stereocenters. The van der Waals surface area contributed by atoms with Crippen LogP contribution in [0.25, 0.3) is 0 Å². The van der Waals surface area contributed by atoms with E-state index in [1.807, 2.05) is 36.1 Å². The van der Waals surface area contributed by atoms with E-state index in [1.54, 1.807) is 12.1 Å². The van der Waals surface area contributed by atoms with Crippen LogP contribution in [-0.4, -0.2) is 30.4 Å². The SMILES string of the molecule is CC(C(=O)N1CCNCC1c1cccc(F)c1)c1cccc(Cl)c1.Cl. The van der Waals surface area contributed by atoms with Crippen LogP contribution in [0.4, 0.5) is 4.39 Å². The van der Waals surface area contributed by atoms with Crippen molar-refractivity contribution in [3.05, 3.63) is 70.5 Å².